The fraction of sp³-hybridized carbons (Fsp3) is 0.229. The Morgan fingerprint density at radius 1 is 0.872 bits per heavy atom. The third-order valence-electron chi connectivity index (χ3n) is 7.63. The van der Waals surface area contributed by atoms with E-state index in [-0.39, 0.29) is 39.3 Å². The summed E-state index contributed by atoms with van der Waals surface area (Å²) in [5.41, 5.74) is 8.32. The summed E-state index contributed by atoms with van der Waals surface area (Å²) in [4.78, 5) is 42.0. The van der Waals surface area contributed by atoms with Crippen LogP contribution in [0, 0.1) is 0 Å². The van der Waals surface area contributed by atoms with E-state index in [9.17, 15) is 14.4 Å². The zero-order chi connectivity index (χ0) is 33.7. The average molecular weight is 658 g/mol. The molecule has 1 aliphatic rings. The van der Waals surface area contributed by atoms with Gasteiger partial charge in [0.25, 0.3) is 11.5 Å². The molecule has 0 saturated carbocycles. The molecule has 0 bridgehead atoms. The molecule has 11 nitrogen and oxygen atoms in total. The molecule has 5 rings (SSSR count). The van der Waals surface area contributed by atoms with Crippen molar-refractivity contribution in [1.29, 1.82) is 0 Å². The van der Waals surface area contributed by atoms with Gasteiger partial charge < -0.3 is 34.7 Å². The Bertz CT molecular complexity index is 2030. The highest BCUT2D eigenvalue weighted by molar-refractivity contribution is 7.07. The minimum Gasteiger partial charge on any atom is -0.493 e. The highest BCUT2D eigenvalue weighted by Crippen LogP contribution is 2.40. The first-order valence-electron chi connectivity index (χ1n) is 14.7. The van der Waals surface area contributed by atoms with E-state index in [0.29, 0.717) is 34.1 Å². The summed E-state index contributed by atoms with van der Waals surface area (Å²) in [5, 5.41) is 2.98. The number of hydrogen-bond donors (Lipinski definition) is 2. The molecule has 0 spiro atoms. The van der Waals surface area contributed by atoms with Crippen molar-refractivity contribution >= 4 is 40.7 Å². The van der Waals surface area contributed by atoms with Crippen LogP contribution in [-0.2, 0) is 20.9 Å². The molecule has 47 heavy (non-hydrogen) atoms. The lowest BCUT2D eigenvalue weighted by Crippen LogP contribution is -2.43. The Hall–Kier alpha value is -5.49. The van der Waals surface area contributed by atoms with Crippen molar-refractivity contribution in [2.45, 2.75) is 19.4 Å². The molecule has 1 aliphatic heterocycles. The molecule has 0 saturated heterocycles. The molecule has 1 unspecified atom stereocenters. The van der Waals surface area contributed by atoms with Crippen LogP contribution in [0.25, 0.3) is 17.5 Å². The van der Waals surface area contributed by atoms with Crippen molar-refractivity contribution < 1.29 is 33.3 Å². The van der Waals surface area contributed by atoms with E-state index >= 15 is 0 Å². The van der Waals surface area contributed by atoms with Gasteiger partial charge in [0.1, 0.15) is 10.5 Å². The summed E-state index contributed by atoms with van der Waals surface area (Å²) in [6.45, 7) is 1.92. The van der Waals surface area contributed by atoms with Gasteiger partial charge in [-0.1, -0.05) is 42.5 Å². The number of amides is 1. The molecule has 3 N–H and O–H groups in total. The number of nitrogens with two attached hydrogens (primary N) is 1. The van der Waals surface area contributed by atoms with Crippen LogP contribution in [0.3, 0.4) is 0 Å². The van der Waals surface area contributed by atoms with Crippen LogP contribution in [0.5, 0.6) is 23.0 Å². The second-order valence-electron chi connectivity index (χ2n) is 10.3. The minimum absolute atomic E-state index is 0.0472. The van der Waals surface area contributed by atoms with Crippen LogP contribution in [-0.4, -0.2) is 51.5 Å². The highest BCUT2D eigenvalue weighted by atomic mass is 32.1. The number of nitrogens with zero attached hydrogens (tertiary/aromatic N) is 1. The summed E-state index contributed by atoms with van der Waals surface area (Å²) in [7, 11) is 6.05. The van der Waals surface area contributed by atoms with Crippen LogP contribution < -0.4 is 44.8 Å². The minimum atomic E-state index is -1.02. The molecular weight excluding hydrogens is 622 g/mol. The van der Waals surface area contributed by atoms with Gasteiger partial charge in [-0.25, -0.2) is 4.79 Å². The van der Waals surface area contributed by atoms with Gasteiger partial charge in [0.2, 0.25) is 0 Å². The Morgan fingerprint density at radius 2 is 1.51 bits per heavy atom. The molecule has 1 atom stereocenters. The largest absolute Gasteiger partial charge is 0.493 e. The summed E-state index contributed by atoms with van der Waals surface area (Å²) in [6.07, 6.45) is 1.67. The molecule has 12 heteroatoms. The molecule has 1 aromatic heterocycles. The van der Waals surface area contributed by atoms with Gasteiger partial charge in [-0.05, 0) is 54.0 Å². The van der Waals surface area contributed by atoms with Crippen molar-refractivity contribution in [1.82, 2.24) is 9.88 Å². The number of aromatic nitrogens is 1. The predicted octanol–water partition coefficient (Wildman–Crippen LogP) is 2.73. The normalized spacial score (nSPS) is 14.4. The number of nitrogens with one attached hydrogen (secondary N) is 1. The average Bonchev–Trinajstić information content (AvgIpc) is 3.42. The zero-order valence-corrected chi connectivity index (χ0v) is 27.4. The van der Waals surface area contributed by atoms with Crippen LogP contribution >= 0.6 is 11.3 Å². The fourth-order valence-electron chi connectivity index (χ4n) is 5.41. The zero-order valence-electron chi connectivity index (χ0n) is 26.6. The third kappa shape index (κ3) is 6.45. The molecule has 0 radical (unpaired) electrons. The number of methoxy groups -OCH3 is 4. The topological polar surface area (TPSA) is 140 Å². The van der Waals surface area contributed by atoms with E-state index in [2.05, 4.69) is 5.32 Å². The monoisotopic (exact) mass is 657 g/mol. The number of thiazole rings is 1. The second kappa shape index (κ2) is 14.3. The SMILES string of the molecule is CCOC(=O)C1=C(N)n2c(s/c(=C/c3ccc(OC)c(OC)c3)c2=O)=C(C(=O)NCc2ccccc2)C1c1ccc(OC)c(OC)c1. The fourth-order valence-corrected chi connectivity index (χ4v) is 6.58. The van der Waals surface area contributed by atoms with E-state index < -0.39 is 23.4 Å². The molecule has 1 amide bonds. The lowest BCUT2D eigenvalue weighted by molar-refractivity contribution is -0.138. The molecule has 3 aromatic carbocycles. The highest BCUT2D eigenvalue weighted by Gasteiger charge is 2.39. The summed E-state index contributed by atoms with van der Waals surface area (Å²) in [5.74, 6) is -0.552. The Morgan fingerprint density at radius 3 is 2.15 bits per heavy atom. The Kier molecular flexibility index (Phi) is 10.0. The first-order chi connectivity index (χ1) is 22.8. The number of rotatable bonds is 11. The molecule has 0 aliphatic carbocycles. The van der Waals surface area contributed by atoms with Gasteiger partial charge in [0.05, 0.1) is 56.6 Å². The number of carbonyl (C=O) groups excluding carboxylic acids is 2. The van der Waals surface area contributed by atoms with Crippen LogP contribution in [0.2, 0.25) is 0 Å². The Labute approximate surface area is 275 Å². The number of esters is 1. The first kappa shape index (κ1) is 32.9. The number of carbonyl (C=O) groups is 2. The van der Waals surface area contributed by atoms with E-state index in [1.807, 2.05) is 30.3 Å². The van der Waals surface area contributed by atoms with Crippen molar-refractivity contribution in [3.05, 3.63) is 109 Å². The van der Waals surface area contributed by atoms with Crippen molar-refractivity contribution in [3.63, 3.8) is 0 Å². The van der Waals surface area contributed by atoms with E-state index in [1.54, 1.807) is 49.4 Å². The summed E-state index contributed by atoms with van der Waals surface area (Å²) in [6, 6.07) is 19.7. The van der Waals surface area contributed by atoms with Gasteiger partial charge in [-0.2, -0.15) is 0 Å². The molecule has 2 heterocycles. The lowest BCUT2D eigenvalue weighted by atomic mass is 9.82. The number of hydrogen-bond acceptors (Lipinski definition) is 10. The van der Waals surface area contributed by atoms with Crippen molar-refractivity contribution in [2.24, 2.45) is 5.73 Å². The van der Waals surface area contributed by atoms with E-state index in [0.717, 1.165) is 16.9 Å². The summed E-state index contributed by atoms with van der Waals surface area (Å²) >= 11 is 1.09. The maximum absolute atomic E-state index is 14.3. The van der Waals surface area contributed by atoms with Gasteiger partial charge in [-0.3, -0.25) is 14.2 Å². The predicted molar refractivity (Wildman–Crippen MR) is 179 cm³/mol. The molecular formula is C35H35N3O8S. The van der Waals surface area contributed by atoms with Gasteiger partial charge in [-0.15, -0.1) is 11.3 Å². The van der Waals surface area contributed by atoms with E-state index in [1.165, 1.54) is 33.0 Å². The van der Waals surface area contributed by atoms with E-state index in [4.69, 9.17) is 29.4 Å². The molecule has 0 fully saturated rings. The first-order valence-corrected chi connectivity index (χ1v) is 15.5. The standard InChI is InChI=1S/C35H35N3O8S/c1-6-46-35(41)29-28(22-13-15-24(43-3)26(18-22)45-5)30(32(39)37-19-20-10-8-7-9-11-20)34-38(31(29)36)33(40)27(47-34)17-21-12-14-23(42-2)25(16-21)44-4/h7-18,28H,6,19,36H2,1-5H3,(H,37,39)/b27-17+. The van der Waals surface area contributed by atoms with Crippen LogP contribution in [0.4, 0.5) is 0 Å². The number of fused-ring (bicyclic) bond motifs is 1. The third-order valence-corrected chi connectivity index (χ3v) is 8.74. The smallest absolute Gasteiger partial charge is 0.338 e. The van der Waals surface area contributed by atoms with Crippen LogP contribution in [0.15, 0.2) is 77.1 Å². The van der Waals surface area contributed by atoms with Crippen LogP contribution in [0.1, 0.15) is 29.5 Å². The molecule has 4 aromatic rings. The van der Waals surface area contributed by atoms with Gasteiger partial charge in [0, 0.05) is 6.54 Å². The van der Waals surface area contributed by atoms with Gasteiger partial charge in [0.15, 0.2) is 23.0 Å². The quantitative estimate of drug-likeness (QED) is 0.233. The number of ether oxygens (including phenoxy) is 5. The summed E-state index contributed by atoms with van der Waals surface area (Å²) < 4.78 is 29.0. The second-order valence-corrected chi connectivity index (χ2v) is 11.4. The van der Waals surface area contributed by atoms with Crippen molar-refractivity contribution in [3.8, 4) is 23.0 Å². The Balaban J connectivity index is 1.81. The maximum Gasteiger partial charge on any atom is 0.338 e. The maximum atomic E-state index is 14.3. The number of benzene rings is 3. The van der Waals surface area contributed by atoms with Crippen molar-refractivity contribution in [2.75, 3.05) is 35.0 Å². The van der Waals surface area contributed by atoms with Gasteiger partial charge >= 0.3 is 5.97 Å². The lowest BCUT2D eigenvalue weighted by Gasteiger charge is -2.28. The molecule has 244 valence electrons.